The molecule has 1 heterocycles. The fraction of sp³-hybridized carbons (Fsp3) is 1.00. The molecule has 1 saturated heterocycles. The van der Waals surface area contributed by atoms with Crippen LogP contribution in [0.3, 0.4) is 0 Å². The van der Waals surface area contributed by atoms with E-state index in [1.807, 2.05) is 0 Å². The first kappa shape index (κ1) is 13.9. The van der Waals surface area contributed by atoms with Crippen molar-refractivity contribution >= 4 is 0 Å². The molecule has 1 aliphatic rings. The molecule has 0 bridgehead atoms. The Kier molecular flexibility index (Phi) is 7.01. The molecule has 3 nitrogen and oxygen atoms in total. The molecule has 0 aromatic heterocycles. The van der Waals surface area contributed by atoms with Gasteiger partial charge in [0.05, 0.1) is 0 Å². The van der Waals surface area contributed by atoms with Gasteiger partial charge < -0.3 is 15.3 Å². The number of aliphatic hydroxyl groups is 1. The third-order valence-electron chi connectivity index (χ3n) is 3.61. The molecule has 1 aliphatic heterocycles. The maximum atomic E-state index is 9.05. The Hall–Kier alpha value is -0.120. The van der Waals surface area contributed by atoms with Crippen LogP contribution in [0.1, 0.15) is 39.5 Å². The van der Waals surface area contributed by atoms with Crippen LogP contribution in [-0.4, -0.2) is 48.8 Å². The molecule has 0 aromatic carbocycles. The molecule has 1 atom stereocenters. The van der Waals surface area contributed by atoms with E-state index >= 15 is 0 Å². The van der Waals surface area contributed by atoms with Crippen molar-refractivity contribution in [2.75, 3.05) is 32.8 Å². The van der Waals surface area contributed by atoms with Crippen LogP contribution in [0.2, 0.25) is 0 Å². The predicted molar refractivity (Wildman–Crippen MR) is 68.6 cm³/mol. The van der Waals surface area contributed by atoms with Gasteiger partial charge in [0.2, 0.25) is 0 Å². The highest BCUT2D eigenvalue weighted by Gasteiger charge is 2.17. The molecule has 2 N–H and O–H groups in total. The number of aliphatic hydroxyl groups excluding tert-OH is 1. The van der Waals surface area contributed by atoms with Crippen molar-refractivity contribution in [3.05, 3.63) is 0 Å². The molecule has 96 valence electrons. The Morgan fingerprint density at radius 3 is 2.62 bits per heavy atom. The zero-order valence-corrected chi connectivity index (χ0v) is 10.9. The molecule has 1 fully saturated rings. The molecule has 1 rings (SSSR count). The van der Waals surface area contributed by atoms with Gasteiger partial charge in [-0.3, -0.25) is 0 Å². The summed E-state index contributed by atoms with van der Waals surface area (Å²) in [4.78, 5) is 2.51. The molecule has 3 heteroatoms. The fourth-order valence-corrected chi connectivity index (χ4v) is 2.40. The second-order valence-electron chi connectivity index (χ2n) is 5.11. The summed E-state index contributed by atoms with van der Waals surface area (Å²) in [6.45, 7) is 9.46. The van der Waals surface area contributed by atoms with Gasteiger partial charge in [-0.15, -0.1) is 0 Å². The van der Waals surface area contributed by atoms with Crippen molar-refractivity contribution < 1.29 is 5.11 Å². The van der Waals surface area contributed by atoms with Crippen LogP contribution in [0, 0.1) is 5.92 Å². The molecule has 0 saturated carbocycles. The van der Waals surface area contributed by atoms with Crippen LogP contribution in [0.5, 0.6) is 0 Å². The Morgan fingerprint density at radius 2 is 2.06 bits per heavy atom. The summed E-state index contributed by atoms with van der Waals surface area (Å²) >= 11 is 0. The summed E-state index contributed by atoms with van der Waals surface area (Å²) in [5.74, 6) is 0.559. The highest BCUT2D eigenvalue weighted by molar-refractivity contribution is 4.72. The van der Waals surface area contributed by atoms with Crippen molar-refractivity contribution in [3.63, 3.8) is 0 Å². The zero-order valence-electron chi connectivity index (χ0n) is 10.9. The van der Waals surface area contributed by atoms with E-state index in [1.165, 1.54) is 25.7 Å². The van der Waals surface area contributed by atoms with Gasteiger partial charge in [-0.2, -0.15) is 0 Å². The van der Waals surface area contributed by atoms with E-state index in [2.05, 4.69) is 24.1 Å². The van der Waals surface area contributed by atoms with E-state index in [1.54, 1.807) is 0 Å². The first-order valence-electron chi connectivity index (χ1n) is 6.82. The summed E-state index contributed by atoms with van der Waals surface area (Å²) in [6, 6.07) is 0.653. The smallest absolute Gasteiger partial charge is 0.0460 e. The summed E-state index contributed by atoms with van der Waals surface area (Å²) in [5.41, 5.74) is 0. The van der Waals surface area contributed by atoms with Crippen LogP contribution in [-0.2, 0) is 0 Å². The number of piperidine rings is 1. The first-order valence-corrected chi connectivity index (χ1v) is 6.82. The standard InChI is InChI=1S/C13H28N2O/c1-3-4-12(2)14-7-10-15-8-5-13(11-16)6-9-15/h12-14,16H,3-11H2,1-2H3. The van der Waals surface area contributed by atoms with E-state index in [4.69, 9.17) is 5.11 Å². The average Bonchev–Trinajstić information content (AvgIpc) is 2.30. The number of hydrogen-bond acceptors (Lipinski definition) is 3. The lowest BCUT2D eigenvalue weighted by atomic mass is 9.98. The van der Waals surface area contributed by atoms with Gasteiger partial charge in [0.1, 0.15) is 0 Å². The number of hydrogen-bond donors (Lipinski definition) is 2. The molecule has 0 aliphatic carbocycles. The minimum absolute atomic E-state index is 0.375. The molecule has 16 heavy (non-hydrogen) atoms. The third-order valence-corrected chi connectivity index (χ3v) is 3.61. The third kappa shape index (κ3) is 5.28. The number of rotatable bonds is 7. The van der Waals surface area contributed by atoms with Crippen molar-refractivity contribution in [2.45, 2.75) is 45.6 Å². The van der Waals surface area contributed by atoms with E-state index < -0.39 is 0 Å². The highest BCUT2D eigenvalue weighted by atomic mass is 16.3. The lowest BCUT2D eigenvalue weighted by molar-refractivity contribution is 0.131. The number of nitrogens with zero attached hydrogens (tertiary/aromatic N) is 1. The Labute approximate surface area is 100 Å². The van der Waals surface area contributed by atoms with Crippen LogP contribution >= 0.6 is 0 Å². The second-order valence-corrected chi connectivity index (χ2v) is 5.11. The monoisotopic (exact) mass is 228 g/mol. The van der Waals surface area contributed by atoms with Crippen molar-refractivity contribution in [3.8, 4) is 0 Å². The molecule has 1 unspecified atom stereocenters. The minimum Gasteiger partial charge on any atom is -0.396 e. The average molecular weight is 228 g/mol. The molecular formula is C13H28N2O. The molecule has 0 aromatic rings. The van der Waals surface area contributed by atoms with Gasteiger partial charge in [-0.25, -0.2) is 0 Å². The van der Waals surface area contributed by atoms with Crippen LogP contribution in [0.15, 0.2) is 0 Å². The molecular weight excluding hydrogens is 200 g/mol. The molecule has 0 radical (unpaired) electrons. The van der Waals surface area contributed by atoms with Gasteiger partial charge in [0.15, 0.2) is 0 Å². The van der Waals surface area contributed by atoms with Crippen LogP contribution in [0.25, 0.3) is 0 Å². The number of likely N-dealkylation sites (tertiary alicyclic amines) is 1. The Morgan fingerprint density at radius 1 is 1.38 bits per heavy atom. The van der Waals surface area contributed by atoms with Crippen LogP contribution < -0.4 is 5.32 Å². The Balaban J connectivity index is 2.02. The van der Waals surface area contributed by atoms with E-state index in [9.17, 15) is 0 Å². The van der Waals surface area contributed by atoms with Crippen LogP contribution in [0.4, 0.5) is 0 Å². The maximum Gasteiger partial charge on any atom is 0.0460 e. The van der Waals surface area contributed by atoms with Gasteiger partial charge in [0.25, 0.3) is 0 Å². The van der Waals surface area contributed by atoms with E-state index in [0.29, 0.717) is 18.6 Å². The van der Waals surface area contributed by atoms with E-state index in [-0.39, 0.29) is 0 Å². The summed E-state index contributed by atoms with van der Waals surface area (Å²) < 4.78 is 0. The summed E-state index contributed by atoms with van der Waals surface area (Å²) in [7, 11) is 0. The highest BCUT2D eigenvalue weighted by Crippen LogP contribution is 2.15. The topological polar surface area (TPSA) is 35.5 Å². The molecule has 0 amide bonds. The fourth-order valence-electron chi connectivity index (χ4n) is 2.40. The second kappa shape index (κ2) is 8.04. The molecule has 0 spiro atoms. The van der Waals surface area contributed by atoms with E-state index in [0.717, 1.165) is 26.2 Å². The van der Waals surface area contributed by atoms with Gasteiger partial charge in [-0.05, 0) is 45.2 Å². The van der Waals surface area contributed by atoms with Crippen molar-refractivity contribution in [1.29, 1.82) is 0 Å². The van der Waals surface area contributed by atoms with Gasteiger partial charge in [-0.1, -0.05) is 13.3 Å². The largest absolute Gasteiger partial charge is 0.396 e. The lowest BCUT2D eigenvalue weighted by Crippen LogP contribution is -2.40. The lowest BCUT2D eigenvalue weighted by Gasteiger charge is -2.31. The zero-order chi connectivity index (χ0) is 11.8. The predicted octanol–water partition coefficient (Wildman–Crippen LogP) is 1.47. The summed E-state index contributed by atoms with van der Waals surface area (Å²) in [6.07, 6.45) is 4.87. The summed E-state index contributed by atoms with van der Waals surface area (Å²) in [5, 5.41) is 12.6. The normalized spacial score (nSPS) is 21.2. The quantitative estimate of drug-likeness (QED) is 0.692. The van der Waals surface area contributed by atoms with Crippen molar-refractivity contribution in [2.24, 2.45) is 5.92 Å². The van der Waals surface area contributed by atoms with Crippen molar-refractivity contribution in [1.82, 2.24) is 10.2 Å². The van der Waals surface area contributed by atoms with Gasteiger partial charge >= 0.3 is 0 Å². The first-order chi connectivity index (χ1) is 7.76. The maximum absolute atomic E-state index is 9.05. The SMILES string of the molecule is CCCC(C)NCCN1CCC(CO)CC1. The Bertz CT molecular complexity index is 167. The minimum atomic E-state index is 0.375. The number of nitrogens with one attached hydrogen (secondary N) is 1. The van der Waals surface area contributed by atoms with Gasteiger partial charge in [0, 0.05) is 25.7 Å².